The van der Waals surface area contributed by atoms with E-state index in [1.54, 1.807) is 50.7 Å². The van der Waals surface area contributed by atoms with E-state index in [-0.39, 0.29) is 5.82 Å². The number of carbonyl (C=O) groups excluding carboxylic acids is 1. The Bertz CT molecular complexity index is 1250. The molecule has 2 heterocycles. The van der Waals surface area contributed by atoms with Crippen molar-refractivity contribution in [1.29, 1.82) is 0 Å². The molecular weight excluding hydrogens is 415 g/mol. The van der Waals surface area contributed by atoms with Crippen LogP contribution in [0.25, 0.3) is 10.9 Å². The van der Waals surface area contributed by atoms with E-state index in [0.29, 0.717) is 40.0 Å². The van der Waals surface area contributed by atoms with E-state index in [1.165, 1.54) is 30.5 Å². The number of urea groups is 1. The van der Waals surface area contributed by atoms with Gasteiger partial charge in [-0.1, -0.05) is 0 Å². The molecule has 2 N–H and O–H groups in total. The summed E-state index contributed by atoms with van der Waals surface area (Å²) < 4.78 is 29.6. The summed E-state index contributed by atoms with van der Waals surface area (Å²) >= 11 is 0. The summed E-state index contributed by atoms with van der Waals surface area (Å²) in [4.78, 5) is 20.7. The van der Waals surface area contributed by atoms with E-state index in [0.717, 1.165) is 5.39 Å². The fourth-order valence-electron chi connectivity index (χ4n) is 2.99. The number of halogens is 1. The topological polar surface area (TPSA) is 94.6 Å². The van der Waals surface area contributed by atoms with Gasteiger partial charge in [0.1, 0.15) is 11.6 Å². The molecule has 0 saturated carbocycles. The number of methoxy groups -OCH3 is 2. The number of anilines is 2. The third-order valence-electron chi connectivity index (χ3n) is 4.52. The number of nitrogens with one attached hydrogen (secondary N) is 2. The van der Waals surface area contributed by atoms with Crippen LogP contribution in [0.3, 0.4) is 0 Å². The van der Waals surface area contributed by atoms with Crippen molar-refractivity contribution >= 4 is 28.3 Å². The number of pyridine rings is 2. The third kappa shape index (κ3) is 4.67. The van der Waals surface area contributed by atoms with Gasteiger partial charge in [0.05, 0.1) is 31.6 Å². The highest BCUT2D eigenvalue weighted by Crippen LogP contribution is 2.36. The van der Waals surface area contributed by atoms with Crippen molar-refractivity contribution in [2.75, 3.05) is 24.9 Å². The Kier molecular flexibility index (Phi) is 5.98. The average molecular weight is 434 g/mol. The van der Waals surface area contributed by atoms with Crippen molar-refractivity contribution in [2.45, 2.75) is 0 Å². The van der Waals surface area contributed by atoms with Crippen molar-refractivity contribution < 1.29 is 23.4 Å². The number of nitrogens with zero attached hydrogens (tertiary/aromatic N) is 2. The van der Waals surface area contributed by atoms with Gasteiger partial charge in [-0.2, -0.15) is 0 Å². The maximum absolute atomic E-state index is 13.0. The van der Waals surface area contributed by atoms with Crippen LogP contribution < -0.4 is 24.8 Å². The lowest BCUT2D eigenvalue weighted by molar-refractivity contribution is 0.262. The Morgan fingerprint density at radius 1 is 0.844 bits per heavy atom. The van der Waals surface area contributed by atoms with Gasteiger partial charge in [0.15, 0.2) is 11.5 Å². The van der Waals surface area contributed by atoms with Crippen molar-refractivity contribution in [1.82, 2.24) is 9.97 Å². The quantitative estimate of drug-likeness (QED) is 0.432. The van der Waals surface area contributed by atoms with E-state index in [9.17, 15) is 9.18 Å². The molecule has 0 aliphatic rings. The van der Waals surface area contributed by atoms with E-state index in [2.05, 4.69) is 20.6 Å². The Balaban J connectivity index is 1.47. The second-order valence-corrected chi connectivity index (χ2v) is 6.61. The number of hydrogen-bond acceptors (Lipinski definition) is 6. The molecule has 0 bridgehead atoms. The predicted molar refractivity (Wildman–Crippen MR) is 118 cm³/mol. The fraction of sp³-hybridized carbons (Fsp3) is 0.0870. The van der Waals surface area contributed by atoms with Crippen molar-refractivity contribution in [3.63, 3.8) is 0 Å². The summed E-state index contributed by atoms with van der Waals surface area (Å²) in [5, 5.41) is 5.99. The van der Waals surface area contributed by atoms with Gasteiger partial charge < -0.3 is 24.8 Å². The number of aromatic nitrogens is 2. The second kappa shape index (κ2) is 9.17. The minimum Gasteiger partial charge on any atom is -0.493 e. The Morgan fingerprint density at radius 2 is 1.53 bits per heavy atom. The fourth-order valence-corrected chi connectivity index (χ4v) is 2.99. The SMILES string of the molecule is COc1cc2nccc(Oc3ccc(NC(=O)Nc4ccc(F)cc4)cn3)c2cc1OC. The van der Waals surface area contributed by atoms with Gasteiger partial charge in [-0.15, -0.1) is 0 Å². The summed E-state index contributed by atoms with van der Waals surface area (Å²) in [5.74, 6) is 1.61. The highest BCUT2D eigenvalue weighted by atomic mass is 19.1. The van der Waals surface area contributed by atoms with Gasteiger partial charge in [-0.05, 0) is 42.5 Å². The normalized spacial score (nSPS) is 10.5. The molecule has 0 unspecified atom stereocenters. The largest absolute Gasteiger partial charge is 0.493 e. The molecule has 0 saturated heterocycles. The summed E-state index contributed by atoms with van der Waals surface area (Å²) in [7, 11) is 3.11. The first-order chi connectivity index (χ1) is 15.6. The standard InChI is InChI=1S/C23H19FN4O4/c1-30-20-11-17-18(12-21(20)31-2)25-10-9-19(17)32-22-8-7-16(13-26-22)28-23(29)27-15-5-3-14(24)4-6-15/h3-13H,1-2H3,(H2,27,28,29). The highest BCUT2D eigenvalue weighted by Gasteiger charge is 2.12. The molecule has 0 aliphatic carbocycles. The van der Waals surface area contributed by atoms with Gasteiger partial charge in [0.25, 0.3) is 0 Å². The van der Waals surface area contributed by atoms with Gasteiger partial charge in [-0.3, -0.25) is 4.98 Å². The lowest BCUT2D eigenvalue weighted by Crippen LogP contribution is -2.19. The van der Waals surface area contributed by atoms with Crippen LogP contribution in [-0.2, 0) is 0 Å². The number of rotatable bonds is 6. The average Bonchev–Trinajstić information content (AvgIpc) is 2.81. The predicted octanol–water partition coefficient (Wildman–Crippen LogP) is 5.22. The molecule has 0 spiro atoms. The first kappa shape index (κ1) is 20.9. The molecular formula is C23H19FN4O4. The lowest BCUT2D eigenvalue weighted by atomic mass is 10.2. The van der Waals surface area contributed by atoms with Gasteiger partial charge in [-0.25, -0.2) is 14.2 Å². The van der Waals surface area contributed by atoms with Crippen molar-refractivity contribution in [3.05, 3.63) is 72.8 Å². The second-order valence-electron chi connectivity index (χ2n) is 6.61. The van der Waals surface area contributed by atoms with Gasteiger partial charge in [0, 0.05) is 29.4 Å². The molecule has 0 atom stereocenters. The number of carbonyl (C=O) groups is 1. The minimum atomic E-state index is -0.478. The van der Waals surface area contributed by atoms with Gasteiger partial charge in [0.2, 0.25) is 5.88 Å². The summed E-state index contributed by atoms with van der Waals surface area (Å²) in [6, 6.07) is 13.5. The monoisotopic (exact) mass is 434 g/mol. The van der Waals surface area contributed by atoms with Crippen LogP contribution in [0.2, 0.25) is 0 Å². The first-order valence-corrected chi connectivity index (χ1v) is 9.54. The summed E-state index contributed by atoms with van der Waals surface area (Å²) in [6.07, 6.45) is 3.09. The highest BCUT2D eigenvalue weighted by molar-refractivity contribution is 5.99. The smallest absolute Gasteiger partial charge is 0.323 e. The molecule has 162 valence electrons. The number of amides is 2. The van der Waals surface area contributed by atoms with Crippen LogP contribution in [0.5, 0.6) is 23.1 Å². The van der Waals surface area contributed by atoms with Crippen LogP contribution in [0.1, 0.15) is 0 Å². The molecule has 2 aromatic heterocycles. The minimum absolute atomic E-state index is 0.330. The molecule has 9 heteroatoms. The number of benzene rings is 2. The molecule has 0 fully saturated rings. The van der Waals surface area contributed by atoms with Crippen LogP contribution in [0, 0.1) is 5.82 Å². The zero-order valence-electron chi connectivity index (χ0n) is 17.3. The summed E-state index contributed by atoms with van der Waals surface area (Å²) in [5.41, 5.74) is 1.60. The van der Waals surface area contributed by atoms with Crippen LogP contribution in [-0.4, -0.2) is 30.2 Å². The zero-order valence-corrected chi connectivity index (χ0v) is 17.3. The number of fused-ring (bicyclic) bond motifs is 1. The Morgan fingerprint density at radius 3 is 2.22 bits per heavy atom. The first-order valence-electron chi connectivity index (χ1n) is 9.54. The van der Waals surface area contributed by atoms with Crippen molar-refractivity contribution in [3.8, 4) is 23.1 Å². The molecule has 0 aliphatic heterocycles. The molecule has 2 amide bonds. The van der Waals surface area contributed by atoms with E-state index in [4.69, 9.17) is 14.2 Å². The van der Waals surface area contributed by atoms with Crippen LogP contribution in [0.4, 0.5) is 20.6 Å². The zero-order chi connectivity index (χ0) is 22.5. The van der Waals surface area contributed by atoms with Gasteiger partial charge >= 0.3 is 6.03 Å². The van der Waals surface area contributed by atoms with Crippen LogP contribution >= 0.6 is 0 Å². The number of ether oxygens (including phenoxy) is 3. The maximum Gasteiger partial charge on any atom is 0.323 e. The van der Waals surface area contributed by atoms with Crippen molar-refractivity contribution in [2.24, 2.45) is 0 Å². The van der Waals surface area contributed by atoms with E-state index in [1.807, 2.05) is 0 Å². The molecule has 2 aromatic carbocycles. The van der Waals surface area contributed by atoms with E-state index >= 15 is 0 Å². The third-order valence-corrected chi connectivity index (χ3v) is 4.52. The lowest BCUT2D eigenvalue weighted by Gasteiger charge is -2.12. The maximum atomic E-state index is 13.0. The molecule has 32 heavy (non-hydrogen) atoms. The number of hydrogen-bond donors (Lipinski definition) is 2. The Hall–Kier alpha value is -4.40. The molecule has 4 rings (SSSR count). The summed E-state index contributed by atoms with van der Waals surface area (Å²) in [6.45, 7) is 0. The molecule has 0 radical (unpaired) electrons. The van der Waals surface area contributed by atoms with E-state index < -0.39 is 6.03 Å². The Labute approximate surface area is 183 Å². The molecule has 8 nitrogen and oxygen atoms in total. The molecule has 4 aromatic rings. The van der Waals surface area contributed by atoms with Crippen LogP contribution in [0.15, 0.2) is 67.0 Å².